The summed E-state index contributed by atoms with van der Waals surface area (Å²) in [4.78, 5) is 37.5. The molecule has 0 spiro atoms. The number of allylic oxidation sites excluding steroid dienone is 18. The van der Waals surface area contributed by atoms with Gasteiger partial charge < -0.3 is 28.5 Å². The zero-order valence-corrected chi connectivity index (χ0v) is 54.3. The van der Waals surface area contributed by atoms with E-state index >= 15 is 0 Å². The van der Waals surface area contributed by atoms with E-state index in [2.05, 4.69) is 111 Å². The largest absolute Gasteiger partial charge is 0.477 e. The van der Waals surface area contributed by atoms with Gasteiger partial charge in [-0.15, -0.1) is 0 Å². The van der Waals surface area contributed by atoms with Gasteiger partial charge in [-0.2, -0.15) is 0 Å². The Morgan fingerprint density at radius 3 is 1.07 bits per heavy atom. The van der Waals surface area contributed by atoms with Crippen LogP contribution in [0.3, 0.4) is 0 Å². The summed E-state index contributed by atoms with van der Waals surface area (Å²) in [6, 6.07) is 0. The number of ether oxygens (including phenoxy) is 4. The van der Waals surface area contributed by atoms with E-state index in [1.165, 1.54) is 180 Å². The highest BCUT2D eigenvalue weighted by Crippen LogP contribution is 2.17. The van der Waals surface area contributed by atoms with Crippen LogP contribution in [0.5, 0.6) is 0 Å². The first kappa shape index (κ1) is 79.0. The predicted molar refractivity (Wildman–Crippen MR) is 355 cm³/mol. The Kier molecular flexibility index (Phi) is 60.8. The molecular weight excluding hydrogens is 1030 g/mol. The molecule has 0 aromatic rings. The van der Waals surface area contributed by atoms with Crippen molar-refractivity contribution >= 4 is 17.9 Å². The second-order valence-corrected chi connectivity index (χ2v) is 23.7. The SMILES string of the molecule is CC/C=C\C/C=C\C/C=C\C/C=C\C/C=C\C/C=C\CCC(=O)OC(COC(=O)CCCCCCCCCCCCCCCCCCCCCCCCCC/C=C\C/C=C\C/C=C\CCCCCCC)COC(OCC[N+](C)(C)C)C(=O)O. The average molecular weight is 1160 g/mol. The molecule has 0 saturated heterocycles. The molecule has 0 bridgehead atoms. The molecule has 0 aliphatic rings. The Balaban J connectivity index is 4.05. The maximum absolute atomic E-state index is 12.8. The number of aliphatic carboxylic acids is 1. The molecule has 0 amide bonds. The number of nitrogens with zero attached hydrogens (tertiary/aromatic N) is 1. The van der Waals surface area contributed by atoms with E-state index in [-0.39, 0.29) is 38.6 Å². The molecule has 9 heteroatoms. The fourth-order valence-corrected chi connectivity index (χ4v) is 9.34. The normalized spacial score (nSPS) is 13.4. The van der Waals surface area contributed by atoms with Gasteiger partial charge in [0.15, 0.2) is 6.10 Å². The molecule has 0 aromatic heterocycles. The van der Waals surface area contributed by atoms with Gasteiger partial charge in [0.25, 0.3) is 6.29 Å². The summed E-state index contributed by atoms with van der Waals surface area (Å²) in [5.74, 6) is -2.12. The second-order valence-electron chi connectivity index (χ2n) is 23.7. The van der Waals surface area contributed by atoms with Crippen LogP contribution in [0.15, 0.2) is 109 Å². The van der Waals surface area contributed by atoms with Crippen molar-refractivity contribution in [3.05, 3.63) is 109 Å². The quantitative estimate of drug-likeness (QED) is 0.0211. The molecule has 0 fully saturated rings. The molecule has 1 N–H and O–H groups in total. The van der Waals surface area contributed by atoms with Crippen LogP contribution in [-0.4, -0.2) is 87.4 Å². The minimum Gasteiger partial charge on any atom is -0.477 e. The third kappa shape index (κ3) is 65.3. The minimum absolute atomic E-state index is 0.132. The van der Waals surface area contributed by atoms with Crippen molar-refractivity contribution in [1.82, 2.24) is 0 Å². The smallest absolute Gasteiger partial charge is 0.361 e. The number of quaternary nitrogens is 1. The van der Waals surface area contributed by atoms with Gasteiger partial charge in [-0.05, 0) is 89.9 Å². The van der Waals surface area contributed by atoms with Gasteiger partial charge in [0.2, 0.25) is 0 Å². The van der Waals surface area contributed by atoms with Gasteiger partial charge >= 0.3 is 17.9 Å². The van der Waals surface area contributed by atoms with E-state index < -0.39 is 24.3 Å². The third-order valence-corrected chi connectivity index (χ3v) is 14.5. The number of unbranched alkanes of at least 4 members (excludes halogenated alkanes) is 29. The fraction of sp³-hybridized carbons (Fsp3) is 0.716. The van der Waals surface area contributed by atoms with Gasteiger partial charge in [-0.3, -0.25) is 9.59 Å². The number of carboxylic acids is 1. The van der Waals surface area contributed by atoms with Crippen LogP contribution >= 0.6 is 0 Å². The lowest BCUT2D eigenvalue weighted by atomic mass is 10.0. The van der Waals surface area contributed by atoms with E-state index in [4.69, 9.17) is 18.9 Å². The van der Waals surface area contributed by atoms with Crippen molar-refractivity contribution in [1.29, 1.82) is 0 Å². The number of likely N-dealkylation sites (N-methyl/N-ethyl adjacent to an activating group) is 1. The number of carbonyl (C=O) groups is 3. The highest BCUT2D eigenvalue weighted by molar-refractivity contribution is 5.71. The molecule has 0 rings (SSSR count). The standard InChI is InChI=1S/C74H127NO8/c1-6-8-10-12-14-16-18-20-22-24-26-27-28-29-30-31-32-33-34-35-36-37-38-39-40-41-42-43-44-45-47-48-50-52-54-56-58-60-62-64-71(76)81-68-70(69-82-74(73(78)79)80-67-66-75(3,4)5)83-72(77)65-63-61-59-57-55-53-51-49-46-25-23-21-19-17-15-13-11-9-7-2/h9,11,15,17-18,20-21,23-24,26,28-29,46,49,53,55,59,61,70,74H,6-8,10,12-14,16,19,22,25,27,30-45,47-48,50-52,54,56-58,60,62-69H2,1-5H3/p+1/b11-9-,17-15-,20-18-,23-21-,26-24-,29-28-,49-46-,55-53-,61-59-. The Labute approximate surface area is 511 Å². The zero-order chi connectivity index (χ0) is 60.5. The van der Waals surface area contributed by atoms with Gasteiger partial charge in [0.05, 0.1) is 34.4 Å². The molecule has 83 heavy (non-hydrogen) atoms. The molecule has 0 heterocycles. The minimum atomic E-state index is -1.53. The number of carboxylic acid groups (broad SMARTS) is 1. The van der Waals surface area contributed by atoms with Crippen LogP contribution in [0.4, 0.5) is 0 Å². The predicted octanol–water partition coefficient (Wildman–Crippen LogP) is 21.0. The van der Waals surface area contributed by atoms with Crippen LogP contribution in [0.25, 0.3) is 0 Å². The summed E-state index contributed by atoms with van der Waals surface area (Å²) in [7, 11) is 5.95. The Hall–Kier alpha value is -4.05. The molecule has 2 unspecified atom stereocenters. The summed E-state index contributed by atoms with van der Waals surface area (Å²) in [5.41, 5.74) is 0. The van der Waals surface area contributed by atoms with Crippen molar-refractivity contribution < 1.29 is 42.9 Å². The summed E-state index contributed by atoms with van der Waals surface area (Å²) in [6.07, 6.45) is 86.7. The van der Waals surface area contributed by atoms with Crippen molar-refractivity contribution in [2.24, 2.45) is 0 Å². The monoisotopic (exact) mass is 1160 g/mol. The van der Waals surface area contributed by atoms with Crippen molar-refractivity contribution in [2.45, 2.75) is 296 Å². The Bertz CT molecular complexity index is 1730. The van der Waals surface area contributed by atoms with Gasteiger partial charge in [0.1, 0.15) is 13.2 Å². The highest BCUT2D eigenvalue weighted by Gasteiger charge is 2.25. The van der Waals surface area contributed by atoms with Crippen molar-refractivity contribution in [3.63, 3.8) is 0 Å². The first-order valence-electron chi connectivity index (χ1n) is 34.1. The summed E-state index contributed by atoms with van der Waals surface area (Å²) in [6.45, 7) is 4.67. The lowest BCUT2D eigenvalue weighted by Crippen LogP contribution is -2.40. The van der Waals surface area contributed by atoms with Gasteiger partial charge in [-0.1, -0.05) is 290 Å². The molecule has 476 valence electrons. The van der Waals surface area contributed by atoms with E-state index in [9.17, 15) is 19.5 Å². The third-order valence-electron chi connectivity index (χ3n) is 14.5. The number of hydrogen-bond acceptors (Lipinski definition) is 7. The molecule has 0 radical (unpaired) electrons. The molecule has 0 aliphatic heterocycles. The molecule has 0 aliphatic carbocycles. The topological polar surface area (TPSA) is 108 Å². The van der Waals surface area contributed by atoms with Crippen LogP contribution in [-0.2, 0) is 33.3 Å². The van der Waals surface area contributed by atoms with E-state index in [1.807, 2.05) is 33.3 Å². The maximum atomic E-state index is 12.8. The van der Waals surface area contributed by atoms with E-state index in [0.717, 1.165) is 70.6 Å². The van der Waals surface area contributed by atoms with Gasteiger partial charge in [-0.25, -0.2) is 4.79 Å². The Morgan fingerprint density at radius 2 is 0.711 bits per heavy atom. The zero-order valence-electron chi connectivity index (χ0n) is 54.3. The Morgan fingerprint density at radius 1 is 0.373 bits per heavy atom. The number of carbonyl (C=O) groups excluding carboxylic acids is 2. The summed E-state index contributed by atoms with van der Waals surface area (Å²) >= 11 is 0. The summed E-state index contributed by atoms with van der Waals surface area (Å²) < 4.78 is 22.8. The summed E-state index contributed by atoms with van der Waals surface area (Å²) in [5, 5.41) is 9.71. The first-order valence-corrected chi connectivity index (χ1v) is 34.1. The van der Waals surface area contributed by atoms with Crippen molar-refractivity contribution in [2.75, 3.05) is 47.5 Å². The van der Waals surface area contributed by atoms with Crippen LogP contribution < -0.4 is 0 Å². The average Bonchev–Trinajstić information content (AvgIpc) is 3.46. The van der Waals surface area contributed by atoms with Crippen molar-refractivity contribution in [3.8, 4) is 0 Å². The lowest BCUT2D eigenvalue weighted by molar-refractivity contribution is -0.870. The van der Waals surface area contributed by atoms with Crippen LogP contribution in [0.1, 0.15) is 284 Å². The molecule has 0 aromatic carbocycles. The molecular formula is C74H128NO8+. The molecule has 9 nitrogen and oxygen atoms in total. The van der Waals surface area contributed by atoms with E-state index in [0.29, 0.717) is 17.4 Å². The van der Waals surface area contributed by atoms with Crippen LogP contribution in [0, 0.1) is 0 Å². The number of hydrogen-bond donors (Lipinski definition) is 1. The molecule has 2 atom stereocenters. The maximum Gasteiger partial charge on any atom is 0.361 e. The van der Waals surface area contributed by atoms with Crippen LogP contribution in [0.2, 0.25) is 0 Å². The highest BCUT2D eigenvalue weighted by atomic mass is 16.7. The van der Waals surface area contributed by atoms with Gasteiger partial charge in [0, 0.05) is 12.8 Å². The molecule has 0 saturated carbocycles. The first-order chi connectivity index (χ1) is 40.6. The fourth-order valence-electron chi connectivity index (χ4n) is 9.34. The number of esters is 2. The van der Waals surface area contributed by atoms with E-state index in [1.54, 1.807) is 0 Å². The lowest BCUT2D eigenvalue weighted by Gasteiger charge is -2.25. The number of rotatable bonds is 62. The second kappa shape index (κ2) is 64.0.